The van der Waals surface area contributed by atoms with Crippen LogP contribution in [0.15, 0.2) is 36.4 Å². The Bertz CT molecular complexity index is 615. The Hall–Kier alpha value is -1.46. The second-order valence-electron chi connectivity index (χ2n) is 4.01. The van der Waals surface area contributed by atoms with Gasteiger partial charge in [0.05, 0.1) is 5.56 Å². The molecular weight excluding hydrogens is 312 g/mol. The average molecular weight is 321 g/mol. The largest absolute Gasteiger partial charge is 0.416 e. The van der Waals surface area contributed by atoms with Gasteiger partial charge in [0, 0.05) is 11.6 Å². The minimum absolute atomic E-state index is 0.0461. The van der Waals surface area contributed by atoms with E-state index in [1.807, 2.05) is 0 Å². The lowest BCUT2D eigenvalue weighted by molar-refractivity contribution is -0.137. The molecule has 2 nitrogen and oxygen atoms in total. The van der Waals surface area contributed by atoms with Crippen LogP contribution in [0.25, 0.3) is 0 Å². The number of halogens is 5. The first kappa shape index (κ1) is 14.9. The number of nitrogens with zero attached hydrogens (tertiary/aromatic N) is 1. The van der Waals surface area contributed by atoms with Gasteiger partial charge in [0.1, 0.15) is 11.0 Å². The van der Waals surface area contributed by atoms with Gasteiger partial charge in [0.2, 0.25) is 0 Å². The second-order valence-corrected chi connectivity index (χ2v) is 4.80. The highest BCUT2D eigenvalue weighted by Gasteiger charge is 2.31. The van der Waals surface area contributed by atoms with Crippen molar-refractivity contribution in [1.82, 2.24) is 4.98 Å². The minimum atomic E-state index is -4.46. The molecule has 2 rings (SSSR count). The summed E-state index contributed by atoms with van der Waals surface area (Å²) in [5, 5.41) is 3.08. The van der Waals surface area contributed by atoms with Gasteiger partial charge in [0.25, 0.3) is 0 Å². The summed E-state index contributed by atoms with van der Waals surface area (Å²) in [6, 6.07) is 8.71. The molecule has 106 valence electrons. The lowest BCUT2D eigenvalue weighted by Crippen LogP contribution is -2.08. The monoisotopic (exact) mass is 320 g/mol. The Morgan fingerprint density at radius 3 is 2.45 bits per heavy atom. The third-order valence-corrected chi connectivity index (χ3v) is 3.10. The maximum atomic E-state index is 12.6. The van der Waals surface area contributed by atoms with Crippen molar-refractivity contribution in [2.45, 2.75) is 12.7 Å². The molecule has 20 heavy (non-hydrogen) atoms. The Labute approximate surface area is 123 Å². The van der Waals surface area contributed by atoms with Gasteiger partial charge in [-0.05, 0) is 23.8 Å². The zero-order valence-electron chi connectivity index (χ0n) is 10.0. The molecule has 0 amide bonds. The van der Waals surface area contributed by atoms with Crippen LogP contribution in [0.1, 0.15) is 11.1 Å². The van der Waals surface area contributed by atoms with Crippen LogP contribution >= 0.6 is 23.2 Å². The normalized spacial score (nSPS) is 11.4. The van der Waals surface area contributed by atoms with Crippen molar-refractivity contribution in [3.05, 3.63) is 57.7 Å². The molecule has 0 aliphatic carbocycles. The van der Waals surface area contributed by atoms with E-state index in [1.165, 1.54) is 0 Å². The molecule has 0 saturated carbocycles. The lowest BCUT2D eigenvalue weighted by Gasteiger charge is -2.11. The maximum absolute atomic E-state index is 12.6. The third-order valence-electron chi connectivity index (χ3n) is 2.54. The van der Waals surface area contributed by atoms with Crippen LogP contribution in [-0.2, 0) is 12.7 Å². The van der Waals surface area contributed by atoms with Crippen LogP contribution in [0.4, 0.5) is 19.0 Å². The van der Waals surface area contributed by atoms with E-state index >= 15 is 0 Å². The molecule has 1 aromatic carbocycles. The Morgan fingerprint density at radius 1 is 1.10 bits per heavy atom. The average Bonchev–Trinajstić information content (AvgIpc) is 2.36. The van der Waals surface area contributed by atoms with Crippen molar-refractivity contribution >= 4 is 29.0 Å². The molecule has 7 heteroatoms. The van der Waals surface area contributed by atoms with Crippen molar-refractivity contribution in [2.75, 3.05) is 5.32 Å². The maximum Gasteiger partial charge on any atom is 0.416 e. The van der Waals surface area contributed by atoms with Gasteiger partial charge in [-0.1, -0.05) is 41.4 Å². The van der Waals surface area contributed by atoms with Gasteiger partial charge < -0.3 is 5.32 Å². The fourth-order valence-electron chi connectivity index (χ4n) is 1.58. The van der Waals surface area contributed by atoms with Crippen LogP contribution in [-0.4, -0.2) is 4.98 Å². The van der Waals surface area contributed by atoms with Crippen LogP contribution in [0.3, 0.4) is 0 Å². The molecule has 0 aliphatic rings. The summed E-state index contributed by atoms with van der Waals surface area (Å²) in [7, 11) is 0. The van der Waals surface area contributed by atoms with Crippen molar-refractivity contribution in [1.29, 1.82) is 0 Å². The summed E-state index contributed by atoms with van der Waals surface area (Å²) in [6.07, 6.45) is -4.46. The SMILES string of the molecule is FC(F)(F)c1cc(Cl)nc(NCc2ccccc2Cl)c1. The van der Waals surface area contributed by atoms with E-state index in [2.05, 4.69) is 10.3 Å². The topological polar surface area (TPSA) is 24.9 Å². The summed E-state index contributed by atoms with van der Waals surface area (Å²) < 4.78 is 37.9. The standard InChI is InChI=1S/C13H9Cl2F3N2/c14-10-4-2-1-3-8(10)7-19-12-6-9(13(16,17)18)5-11(15)20-12/h1-6H,7H2,(H,19,20). The molecule has 0 radical (unpaired) electrons. The van der Waals surface area contributed by atoms with Gasteiger partial charge in [-0.2, -0.15) is 13.2 Å². The van der Waals surface area contributed by atoms with Crippen molar-refractivity contribution < 1.29 is 13.2 Å². The Kier molecular flexibility index (Phi) is 4.40. The van der Waals surface area contributed by atoms with E-state index in [4.69, 9.17) is 23.2 Å². The molecule has 0 unspecified atom stereocenters. The quantitative estimate of drug-likeness (QED) is 0.803. The minimum Gasteiger partial charge on any atom is -0.366 e. The summed E-state index contributed by atoms with van der Waals surface area (Å²) in [5.74, 6) is 0.0461. The smallest absolute Gasteiger partial charge is 0.366 e. The number of aromatic nitrogens is 1. The van der Waals surface area contributed by atoms with E-state index in [0.717, 1.165) is 17.7 Å². The highest BCUT2D eigenvalue weighted by atomic mass is 35.5. The summed E-state index contributed by atoms with van der Waals surface area (Å²) in [4.78, 5) is 3.80. The van der Waals surface area contributed by atoms with Crippen LogP contribution in [0, 0.1) is 0 Å². The number of benzene rings is 1. The molecule has 1 aromatic heterocycles. The van der Waals surface area contributed by atoms with Crippen LogP contribution in [0.2, 0.25) is 10.2 Å². The number of hydrogen-bond donors (Lipinski definition) is 1. The molecule has 1 heterocycles. The van der Waals surface area contributed by atoms with Crippen molar-refractivity contribution in [3.8, 4) is 0 Å². The molecule has 0 bridgehead atoms. The molecule has 0 fully saturated rings. The number of alkyl halides is 3. The van der Waals surface area contributed by atoms with Gasteiger partial charge in [-0.3, -0.25) is 0 Å². The van der Waals surface area contributed by atoms with E-state index in [-0.39, 0.29) is 17.5 Å². The highest BCUT2D eigenvalue weighted by molar-refractivity contribution is 6.31. The molecule has 0 atom stereocenters. The van der Waals surface area contributed by atoms with Crippen molar-refractivity contribution in [3.63, 3.8) is 0 Å². The number of rotatable bonds is 3. The molecule has 0 saturated heterocycles. The summed E-state index contributed by atoms with van der Waals surface area (Å²) in [5.41, 5.74) is -0.0938. The number of hydrogen-bond acceptors (Lipinski definition) is 2. The van der Waals surface area contributed by atoms with Gasteiger partial charge >= 0.3 is 6.18 Å². The molecule has 0 spiro atoms. The van der Waals surface area contributed by atoms with Gasteiger partial charge in [0.15, 0.2) is 0 Å². The first-order valence-electron chi connectivity index (χ1n) is 5.58. The predicted octanol–water partition coefficient (Wildman–Crippen LogP) is 5.02. The number of pyridine rings is 1. The lowest BCUT2D eigenvalue weighted by atomic mass is 10.2. The Balaban J connectivity index is 2.18. The fraction of sp³-hybridized carbons (Fsp3) is 0.154. The molecule has 0 aliphatic heterocycles. The van der Waals surface area contributed by atoms with Crippen LogP contribution < -0.4 is 5.32 Å². The Morgan fingerprint density at radius 2 is 1.80 bits per heavy atom. The first-order chi connectivity index (χ1) is 9.36. The van der Waals surface area contributed by atoms with E-state index in [1.54, 1.807) is 24.3 Å². The van der Waals surface area contributed by atoms with Crippen molar-refractivity contribution in [2.24, 2.45) is 0 Å². The zero-order chi connectivity index (χ0) is 14.8. The first-order valence-corrected chi connectivity index (χ1v) is 6.34. The fourth-order valence-corrected chi connectivity index (χ4v) is 1.99. The molecule has 2 aromatic rings. The summed E-state index contributed by atoms with van der Waals surface area (Å²) in [6.45, 7) is 0.254. The van der Waals surface area contributed by atoms with E-state index in [0.29, 0.717) is 5.02 Å². The zero-order valence-corrected chi connectivity index (χ0v) is 11.5. The summed E-state index contributed by atoms with van der Waals surface area (Å²) >= 11 is 11.6. The van der Waals surface area contributed by atoms with E-state index < -0.39 is 11.7 Å². The predicted molar refractivity (Wildman–Crippen MR) is 73.0 cm³/mol. The third kappa shape index (κ3) is 3.77. The van der Waals surface area contributed by atoms with Crippen LogP contribution in [0.5, 0.6) is 0 Å². The molecule has 1 N–H and O–H groups in total. The second kappa shape index (κ2) is 5.89. The van der Waals surface area contributed by atoms with E-state index in [9.17, 15) is 13.2 Å². The molecular formula is C13H9Cl2F3N2. The number of anilines is 1. The highest BCUT2D eigenvalue weighted by Crippen LogP contribution is 2.32. The number of nitrogens with one attached hydrogen (secondary N) is 1. The van der Waals surface area contributed by atoms with Gasteiger partial charge in [-0.15, -0.1) is 0 Å². The van der Waals surface area contributed by atoms with Gasteiger partial charge in [-0.25, -0.2) is 4.98 Å².